The first kappa shape index (κ1) is 28.1. The zero-order chi connectivity index (χ0) is 28.7. The van der Waals surface area contributed by atoms with E-state index in [2.05, 4.69) is 10.3 Å². The summed E-state index contributed by atoms with van der Waals surface area (Å²) >= 11 is 6.11. The van der Waals surface area contributed by atoms with Crippen molar-refractivity contribution in [1.29, 1.82) is 0 Å². The van der Waals surface area contributed by atoms with Crippen LogP contribution >= 0.6 is 11.6 Å². The second-order valence-electron chi connectivity index (χ2n) is 9.66. The summed E-state index contributed by atoms with van der Waals surface area (Å²) in [6.45, 7) is -0.593. The SMILES string of the molecule is O=c1cc(NC2CCN(S(=O)(=O)C(F)(F)F)CC2)c2cc(C(c3ccc(F)cc3)c3ccc(Cl)cc3)ccc2[nH]1. The smallest absolute Gasteiger partial charge is 0.382 e. The summed E-state index contributed by atoms with van der Waals surface area (Å²) in [6.07, 6.45) is 0.262. The number of fused-ring (bicyclic) bond motifs is 1. The molecule has 3 aromatic carbocycles. The number of rotatable bonds is 6. The van der Waals surface area contributed by atoms with Crippen molar-refractivity contribution in [3.8, 4) is 0 Å². The molecule has 1 aromatic heterocycles. The first-order valence-corrected chi connectivity index (χ1v) is 14.2. The van der Waals surface area contributed by atoms with Gasteiger partial charge in [0.2, 0.25) is 5.56 Å². The largest absolute Gasteiger partial charge is 0.511 e. The molecule has 0 saturated carbocycles. The number of pyridine rings is 1. The lowest BCUT2D eigenvalue weighted by Gasteiger charge is -2.32. The molecule has 0 aliphatic carbocycles. The van der Waals surface area contributed by atoms with Gasteiger partial charge in [-0.1, -0.05) is 41.9 Å². The average molecular weight is 594 g/mol. The number of nitrogens with one attached hydrogen (secondary N) is 2. The van der Waals surface area contributed by atoms with Gasteiger partial charge in [0, 0.05) is 47.2 Å². The number of alkyl halides is 3. The molecular formula is C28H24ClF4N3O3S. The number of H-pyrrole nitrogens is 1. The molecule has 0 radical (unpaired) electrons. The van der Waals surface area contributed by atoms with Gasteiger partial charge in [0.25, 0.3) is 0 Å². The molecule has 210 valence electrons. The minimum absolute atomic E-state index is 0.131. The summed E-state index contributed by atoms with van der Waals surface area (Å²) < 4.78 is 76.6. The lowest BCUT2D eigenvalue weighted by atomic mass is 9.84. The molecule has 2 heterocycles. The third-order valence-electron chi connectivity index (χ3n) is 7.05. The molecule has 2 N–H and O–H groups in total. The Bertz CT molecular complexity index is 1640. The molecule has 1 aliphatic rings. The van der Waals surface area contributed by atoms with Gasteiger partial charge in [-0.05, 0) is 65.9 Å². The molecule has 1 fully saturated rings. The maximum atomic E-state index is 13.7. The monoisotopic (exact) mass is 593 g/mol. The third-order valence-corrected chi connectivity index (χ3v) is 8.94. The second-order valence-corrected chi connectivity index (χ2v) is 12.0. The summed E-state index contributed by atoms with van der Waals surface area (Å²) in [5.74, 6) is -0.659. The van der Waals surface area contributed by atoms with Crippen LogP contribution in [0.25, 0.3) is 10.9 Å². The highest BCUT2D eigenvalue weighted by Gasteiger charge is 2.50. The van der Waals surface area contributed by atoms with Crippen LogP contribution in [0, 0.1) is 5.82 Å². The van der Waals surface area contributed by atoms with E-state index >= 15 is 0 Å². The number of piperidine rings is 1. The minimum Gasteiger partial charge on any atom is -0.382 e. The van der Waals surface area contributed by atoms with E-state index in [1.165, 1.54) is 18.2 Å². The Morgan fingerprint density at radius 2 is 1.48 bits per heavy atom. The first-order valence-electron chi connectivity index (χ1n) is 12.4. The normalized spacial score (nSPS) is 16.2. The van der Waals surface area contributed by atoms with Crippen LogP contribution < -0.4 is 10.9 Å². The van der Waals surface area contributed by atoms with Gasteiger partial charge in [-0.3, -0.25) is 4.79 Å². The van der Waals surface area contributed by atoms with Gasteiger partial charge in [-0.15, -0.1) is 0 Å². The van der Waals surface area contributed by atoms with Crippen LogP contribution in [-0.4, -0.2) is 42.3 Å². The van der Waals surface area contributed by atoms with Crippen LogP contribution in [0.3, 0.4) is 0 Å². The van der Waals surface area contributed by atoms with E-state index in [1.54, 1.807) is 30.3 Å². The summed E-state index contributed by atoms with van der Waals surface area (Å²) in [5, 5.41) is 4.48. The van der Waals surface area contributed by atoms with Crippen molar-refractivity contribution >= 4 is 38.2 Å². The van der Waals surface area contributed by atoms with E-state index in [9.17, 15) is 30.8 Å². The highest BCUT2D eigenvalue weighted by Crippen LogP contribution is 2.36. The Balaban J connectivity index is 1.49. The highest BCUT2D eigenvalue weighted by atomic mass is 35.5. The van der Waals surface area contributed by atoms with Crippen LogP contribution in [0.2, 0.25) is 5.02 Å². The Morgan fingerprint density at radius 3 is 2.08 bits per heavy atom. The number of halogens is 5. The fraction of sp³-hybridized carbons (Fsp3) is 0.250. The van der Waals surface area contributed by atoms with E-state index in [-0.39, 0.29) is 49.3 Å². The van der Waals surface area contributed by atoms with Gasteiger partial charge in [-0.25, -0.2) is 12.8 Å². The number of sulfonamides is 1. The standard InChI is InChI=1S/C28H24ClF4N3O3S/c29-20-6-1-17(2-7-20)27(18-3-8-21(30)9-4-18)19-5-10-24-23(15-19)25(16-26(37)35-24)34-22-11-13-36(14-12-22)40(38,39)28(31,32)33/h1-10,15-16,22,27H,11-14H2,(H2,34,35,37). The Kier molecular flexibility index (Phi) is 7.64. The first-order chi connectivity index (χ1) is 18.9. The summed E-state index contributed by atoms with van der Waals surface area (Å²) in [4.78, 5) is 15.2. The Hall–Kier alpha value is -3.41. The Labute approximate surface area is 232 Å². The fourth-order valence-electron chi connectivity index (χ4n) is 5.06. The lowest BCUT2D eigenvalue weighted by molar-refractivity contribution is -0.0494. The number of nitrogens with zero attached hydrogens (tertiary/aromatic N) is 1. The number of aromatic nitrogens is 1. The van der Waals surface area contributed by atoms with Crippen LogP contribution in [-0.2, 0) is 10.0 Å². The lowest BCUT2D eigenvalue weighted by Crippen LogP contribution is -2.47. The Morgan fingerprint density at radius 1 is 0.900 bits per heavy atom. The predicted molar refractivity (Wildman–Crippen MR) is 147 cm³/mol. The summed E-state index contributed by atoms with van der Waals surface area (Å²) in [7, 11) is -5.39. The van der Waals surface area contributed by atoms with Crippen LogP contribution in [0.5, 0.6) is 0 Å². The number of hydrogen-bond donors (Lipinski definition) is 2. The molecule has 4 aromatic rings. The molecule has 0 spiro atoms. The van der Waals surface area contributed by atoms with E-state index in [0.29, 0.717) is 25.9 Å². The van der Waals surface area contributed by atoms with Crippen LogP contribution in [0.1, 0.15) is 35.4 Å². The van der Waals surface area contributed by atoms with Gasteiger partial charge in [0.15, 0.2) is 0 Å². The van der Waals surface area contributed by atoms with Gasteiger partial charge in [-0.2, -0.15) is 17.5 Å². The van der Waals surface area contributed by atoms with Gasteiger partial charge >= 0.3 is 15.5 Å². The number of benzene rings is 3. The number of aromatic amines is 1. The molecule has 0 amide bonds. The maximum absolute atomic E-state index is 13.7. The molecule has 12 heteroatoms. The van der Waals surface area contributed by atoms with Crippen molar-refractivity contribution in [1.82, 2.24) is 9.29 Å². The molecule has 1 unspecified atom stereocenters. The van der Waals surface area contributed by atoms with Gasteiger partial charge < -0.3 is 10.3 Å². The van der Waals surface area contributed by atoms with E-state index in [1.807, 2.05) is 24.3 Å². The summed E-state index contributed by atoms with van der Waals surface area (Å²) in [5.41, 5.74) is -2.10. The van der Waals surface area contributed by atoms with Crippen molar-refractivity contribution in [2.24, 2.45) is 0 Å². The zero-order valence-corrected chi connectivity index (χ0v) is 22.5. The molecule has 40 heavy (non-hydrogen) atoms. The maximum Gasteiger partial charge on any atom is 0.511 e. The molecular weight excluding hydrogens is 570 g/mol. The average Bonchev–Trinajstić information content (AvgIpc) is 2.91. The molecule has 6 nitrogen and oxygen atoms in total. The van der Waals surface area contributed by atoms with Crippen molar-refractivity contribution in [2.45, 2.75) is 30.3 Å². The number of anilines is 1. The van der Waals surface area contributed by atoms with Crippen molar-refractivity contribution < 1.29 is 26.0 Å². The van der Waals surface area contributed by atoms with Gasteiger partial charge in [0.05, 0.1) is 5.52 Å². The van der Waals surface area contributed by atoms with Crippen molar-refractivity contribution in [3.05, 3.63) is 111 Å². The topological polar surface area (TPSA) is 82.3 Å². The molecule has 1 atom stereocenters. The van der Waals surface area contributed by atoms with Crippen molar-refractivity contribution in [2.75, 3.05) is 18.4 Å². The van der Waals surface area contributed by atoms with Crippen LogP contribution in [0.4, 0.5) is 23.2 Å². The molecule has 1 saturated heterocycles. The molecule has 1 aliphatic heterocycles. The fourth-order valence-corrected chi connectivity index (χ4v) is 6.18. The van der Waals surface area contributed by atoms with E-state index in [4.69, 9.17) is 11.6 Å². The van der Waals surface area contributed by atoms with E-state index in [0.717, 1.165) is 16.7 Å². The third kappa shape index (κ3) is 5.72. The van der Waals surface area contributed by atoms with Gasteiger partial charge in [0.1, 0.15) is 5.82 Å². The highest BCUT2D eigenvalue weighted by molar-refractivity contribution is 7.90. The molecule has 5 rings (SSSR count). The zero-order valence-electron chi connectivity index (χ0n) is 20.9. The number of hydrogen-bond acceptors (Lipinski definition) is 4. The predicted octanol–water partition coefficient (Wildman–Crippen LogP) is 6.23. The summed E-state index contributed by atoms with van der Waals surface area (Å²) in [6, 6.07) is 20.0. The second kappa shape index (κ2) is 10.9. The van der Waals surface area contributed by atoms with Crippen LogP contribution in [0.15, 0.2) is 77.6 Å². The quantitative estimate of drug-likeness (QED) is 0.205. The van der Waals surface area contributed by atoms with E-state index < -0.39 is 15.5 Å². The van der Waals surface area contributed by atoms with Crippen molar-refractivity contribution in [3.63, 3.8) is 0 Å². The molecule has 0 bridgehead atoms. The minimum atomic E-state index is -5.39.